The van der Waals surface area contributed by atoms with Crippen molar-refractivity contribution in [3.63, 3.8) is 0 Å². The van der Waals surface area contributed by atoms with E-state index in [9.17, 15) is 4.79 Å². The second-order valence-electron chi connectivity index (χ2n) is 4.27. The maximum Gasteiger partial charge on any atom is 0.240 e. The number of benzene rings is 1. The van der Waals surface area contributed by atoms with E-state index in [1.807, 2.05) is 19.9 Å². The first-order valence-electron chi connectivity index (χ1n) is 5.24. The van der Waals surface area contributed by atoms with E-state index in [4.69, 9.17) is 9.47 Å². The van der Waals surface area contributed by atoms with Gasteiger partial charge in [-0.3, -0.25) is 4.79 Å². The molecule has 0 unspecified atom stereocenters. The number of nitrogens with one attached hydrogen (secondary N) is 1. The lowest BCUT2D eigenvalue weighted by atomic mass is 10.1. The van der Waals surface area contributed by atoms with Crippen molar-refractivity contribution in [1.29, 1.82) is 0 Å². The lowest BCUT2D eigenvalue weighted by Crippen LogP contribution is -2.37. The van der Waals surface area contributed by atoms with Crippen molar-refractivity contribution in [2.24, 2.45) is 0 Å². The number of fused-ring (bicyclic) bond motifs is 1. The van der Waals surface area contributed by atoms with Gasteiger partial charge in [0.15, 0.2) is 11.5 Å². The lowest BCUT2D eigenvalue weighted by Gasteiger charge is -2.30. The average Bonchev–Trinajstić information content (AvgIpc) is 2.28. The monoisotopic (exact) mass is 253 g/mol. The van der Waals surface area contributed by atoms with Gasteiger partial charge in [-0.15, -0.1) is 11.8 Å². The Balaban J connectivity index is 2.49. The Morgan fingerprint density at radius 1 is 1.18 bits per heavy atom. The van der Waals surface area contributed by atoms with Gasteiger partial charge in [0, 0.05) is 11.0 Å². The van der Waals surface area contributed by atoms with Gasteiger partial charge in [0.2, 0.25) is 5.91 Å². The predicted molar refractivity (Wildman–Crippen MR) is 68.1 cm³/mol. The molecule has 1 heterocycles. The minimum absolute atomic E-state index is 0.00206. The first-order chi connectivity index (χ1) is 7.97. The van der Waals surface area contributed by atoms with Crippen LogP contribution in [0.25, 0.3) is 0 Å². The smallest absolute Gasteiger partial charge is 0.240 e. The zero-order valence-corrected chi connectivity index (χ0v) is 11.1. The van der Waals surface area contributed by atoms with Crippen LogP contribution in [0.3, 0.4) is 0 Å². The fourth-order valence-electron chi connectivity index (χ4n) is 1.64. The Kier molecular flexibility index (Phi) is 2.95. The van der Waals surface area contributed by atoms with E-state index in [2.05, 4.69) is 5.32 Å². The van der Waals surface area contributed by atoms with Crippen LogP contribution in [0.15, 0.2) is 17.0 Å². The molecule has 1 aromatic rings. The van der Waals surface area contributed by atoms with Gasteiger partial charge < -0.3 is 14.8 Å². The van der Waals surface area contributed by atoms with Crippen molar-refractivity contribution in [1.82, 2.24) is 0 Å². The molecule has 1 N–H and O–H groups in total. The zero-order chi connectivity index (χ0) is 12.6. The Morgan fingerprint density at radius 3 is 2.35 bits per heavy atom. The standard InChI is InChI=1S/C12H15NO3S/c1-12(2)11(14)13-7-5-8(15-3)9(16-4)6-10(7)17-12/h5-6H,1-4H3,(H,13,14). The van der Waals surface area contributed by atoms with Gasteiger partial charge in [-0.2, -0.15) is 0 Å². The number of carbonyl (C=O) groups is 1. The number of thioether (sulfide) groups is 1. The van der Waals surface area contributed by atoms with Gasteiger partial charge >= 0.3 is 0 Å². The zero-order valence-electron chi connectivity index (χ0n) is 10.3. The normalized spacial score (nSPS) is 17.1. The minimum Gasteiger partial charge on any atom is -0.493 e. The van der Waals surface area contributed by atoms with Crippen LogP contribution in [0.1, 0.15) is 13.8 Å². The second-order valence-corrected chi connectivity index (χ2v) is 5.93. The first kappa shape index (κ1) is 12.1. The summed E-state index contributed by atoms with van der Waals surface area (Å²) in [6.07, 6.45) is 0. The number of methoxy groups -OCH3 is 2. The minimum atomic E-state index is -0.466. The number of amides is 1. The Hall–Kier alpha value is -1.36. The first-order valence-corrected chi connectivity index (χ1v) is 6.06. The van der Waals surface area contributed by atoms with E-state index < -0.39 is 4.75 Å². The summed E-state index contributed by atoms with van der Waals surface area (Å²) < 4.78 is 9.98. The number of hydrogen-bond acceptors (Lipinski definition) is 4. The van der Waals surface area contributed by atoms with Crippen LogP contribution in [0.5, 0.6) is 11.5 Å². The Bertz CT molecular complexity index is 471. The van der Waals surface area contributed by atoms with E-state index >= 15 is 0 Å². The van der Waals surface area contributed by atoms with E-state index in [0.29, 0.717) is 11.5 Å². The molecule has 4 nitrogen and oxygen atoms in total. The summed E-state index contributed by atoms with van der Waals surface area (Å²) in [5.74, 6) is 1.29. The van der Waals surface area contributed by atoms with E-state index in [-0.39, 0.29) is 5.91 Å². The van der Waals surface area contributed by atoms with Crippen molar-refractivity contribution in [2.75, 3.05) is 19.5 Å². The molecule has 0 bridgehead atoms. The molecule has 0 fully saturated rings. The SMILES string of the molecule is COc1cc2c(cc1OC)SC(C)(C)C(=O)N2. The van der Waals surface area contributed by atoms with E-state index in [1.54, 1.807) is 20.3 Å². The third-order valence-corrected chi connectivity index (χ3v) is 3.90. The highest BCUT2D eigenvalue weighted by Crippen LogP contribution is 2.46. The van der Waals surface area contributed by atoms with Crippen LogP contribution in [-0.4, -0.2) is 24.9 Å². The molecule has 17 heavy (non-hydrogen) atoms. The highest BCUT2D eigenvalue weighted by atomic mass is 32.2. The fraction of sp³-hybridized carbons (Fsp3) is 0.417. The third-order valence-electron chi connectivity index (χ3n) is 2.65. The molecule has 0 aliphatic carbocycles. The summed E-state index contributed by atoms with van der Waals surface area (Å²) in [6, 6.07) is 3.67. The van der Waals surface area contributed by atoms with Crippen molar-refractivity contribution in [2.45, 2.75) is 23.5 Å². The molecule has 0 radical (unpaired) electrons. The highest BCUT2D eigenvalue weighted by molar-refractivity contribution is 8.01. The van der Waals surface area contributed by atoms with Gasteiger partial charge in [-0.1, -0.05) is 0 Å². The van der Waals surface area contributed by atoms with E-state index in [1.165, 1.54) is 11.8 Å². The number of ether oxygens (including phenoxy) is 2. The van der Waals surface area contributed by atoms with Crippen molar-refractivity contribution in [3.8, 4) is 11.5 Å². The molecule has 0 atom stereocenters. The average molecular weight is 253 g/mol. The Morgan fingerprint density at radius 2 is 1.76 bits per heavy atom. The second kappa shape index (κ2) is 4.14. The summed E-state index contributed by atoms with van der Waals surface area (Å²) in [4.78, 5) is 12.8. The molecule has 1 amide bonds. The van der Waals surface area contributed by atoms with Gasteiger partial charge in [0.25, 0.3) is 0 Å². The van der Waals surface area contributed by atoms with Crippen molar-refractivity contribution < 1.29 is 14.3 Å². The van der Waals surface area contributed by atoms with Crippen molar-refractivity contribution >= 4 is 23.4 Å². The molecular formula is C12H15NO3S. The molecule has 92 valence electrons. The topological polar surface area (TPSA) is 47.6 Å². The molecule has 0 spiro atoms. The van der Waals surface area contributed by atoms with Crippen LogP contribution in [-0.2, 0) is 4.79 Å². The third kappa shape index (κ3) is 2.07. The Labute approximate surface area is 105 Å². The molecule has 0 saturated heterocycles. The van der Waals surface area contributed by atoms with E-state index in [0.717, 1.165) is 10.6 Å². The summed E-state index contributed by atoms with van der Waals surface area (Å²) in [6.45, 7) is 3.79. The number of carbonyl (C=O) groups excluding carboxylic acids is 1. The number of hydrogen-bond donors (Lipinski definition) is 1. The summed E-state index contributed by atoms with van der Waals surface area (Å²) in [5, 5.41) is 2.88. The molecule has 2 rings (SSSR count). The molecule has 0 saturated carbocycles. The molecule has 0 aromatic heterocycles. The van der Waals surface area contributed by atoms with Gasteiger partial charge in [0.1, 0.15) is 0 Å². The van der Waals surface area contributed by atoms with Crippen LogP contribution < -0.4 is 14.8 Å². The van der Waals surface area contributed by atoms with Gasteiger partial charge in [0.05, 0.1) is 24.7 Å². The molecule has 1 aliphatic heterocycles. The molecular weight excluding hydrogens is 238 g/mol. The van der Waals surface area contributed by atoms with Crippen LogP contribution in [0.4, 0.5) is 5.69 Å². The van der Waals surface area contributed by atoms with Gasteiger partial charge in [-0.05, 0) is 19.9 Å². The summed E-state index contributed by atoms with van der Waals surface area (Å²) in [7, 11) is 3.17. The van der Waals surface area contributed by atoms with Gasteiger partial charge in [-0.25, -0.2) is 0 Å². The number of anilines is 1. The highest BCUT2D eigenvalue weighted by Gasteiger charge is 2.35. The summed E-state index contributed by atoms with van der Waals surface area (Å²) in [5.41, 5.74) is 0.775. The fourth-order valence-corrected chi connectivity index (χ4v) is 2.72. The van der Waals surface area contributed by atoms with Crippen LogP contribution >= 0.6 is 11.8 Å². The van der Waals surface area contributed by atoms with Crippen molar-refractivity contribution in [3.05, 3.63) is 12.1 Å². The summed E-state index contributed by atoms with van der Waals surface area (Å²) >= 11 is 1.52. The van der Waals surface area contributed by atoms with Crippen LogP contribution in [0.2, 0.25) is 0 Å². The predicted octanol–water partition coefficient (Wildman–Crippen LogP) is 2.53. The maximum absolute atomic E-state index is 11.8. The lowest BCUT2D eigenvalue weighted by molar-refractivity contribution is -0.117. The maximum atomic E-state index is 11.8. The number of rotatable bonds is 2. The molecule has 1 aromatic carbocycles. The van der Waals surface area contributed by atoms with Crippen LogP contribution in [0, 0.1) is 0 Å². The molecule has 1 aliphatic rings. The quantitative estimate of drug-likeness (QED) is 0.879. The largest absolute Gasteiger partial charge is 0.493 e. The molecule has 5 heteroatoms.